The normalized spacial score (nSPS) is 9.92. The van der Waals surface area contributed by atoms with Gasteiger partial charge in [-0.25, -0.2) is 4.98 Å². The maximum Gasteiger partial charge on any atom is 0.279 e. The summed E-state index contributed by atoms with van der Waals surface area (Å²) >= 11 is 3.68. The summed E-state index contributed by atoms with van der Waals surface area (Å²) < 4.78 is 6.64. The number of benzene rings is 1. The summed E-state index contributed by atoms with van der Waals surface area (Å²) in [5.41, 5.74) is 0. The van der Waals surface area contributed by atoms with Crippen molar-refractivity contribution in [2.24, 2.45) is 0 Å². The molecule has 0 fully saturated rings. The molecule has 1 radical (unpaired) electrons. The van der Waals surface area contributed by atoms with E-state index in [0.29, 0.717) is 5.19 Å². The maximum atomic E-state index is 5.45. The molecule has 13 heavy (non-hydrogen) atoms. The summed E-state index contributed by atoms with van der Waals surface area (Å²) in [6.07, 6.45) is 2.70. The monoisotopic (exact) mass is 302 g/mol. The molecular formula is C9H5INOS. The second-order valence-corrected chi connectivity index (χ2v) is 4.36. The maximum absolute atomic E-state index is 5.45. The van der Waals surface area contributed by atoms with E-state index in [1.54, 1.807) is 5.38 Å². The third kappa shape index (κ3) is 2.41. The summed E-state index contributed by atoms with van der Waals surface area (Å²) in [7, 11) is 0. The van der Waals surface area contributed by atoms with E-state index in [2.05, 4.69) is 33.8 Å². The third-order valence-corrected chi connectivity index (χ3v) is 2.71. The van der Waals surface area contributed by atoms with Crippen LogP contribution in [0.3, 0.4) is 0 Å². The van der Waals surface area contributed by atoms with Gasteiger partial charge in [-0.3, -0.25) is 0 Å². The van der Waals surface area contributed by atoms with Crippen LogP contribution < -0.4 is 4.74 Å². The van der Waals surface area contributed by atoms with Gasteiger partial charge in [-0.2, -0.15) is 0 Å². The summed E-state index contributed by atoms with van der Waals surface area (Å²) in [4.78, 5) is 3.90. The Morgan fingerprint density at radius 1 is 1.31 bits per heavy atom. The molecule has 1 aromatic heterocycles. The van der Waals surface area contributed by atoms with E-state index < -0.39 is 0 Å². The number of thiazole rings is 1. The van der Waals surface area contributed by atoms with Crippen molar-refractivity contribution in [3.05, 3.63) is 39.4 Å². The molecule has 0 amide bonds. The van der Waals surface area contributed by atoms with Gasteiger partial charge in [0.1, 0.15) is 11.9 Å². The average molecular weight is 302 g/mol. The molecule has 0 N–H and O–H groups in total. The van der Waals surface area contributed by atoms with Gasteiger partial charge in [-0.1, -0.05) is 11.3 Å². The fourth-order valence-corrected chi connectivity index (χ4v) is 1.65. The highest BCUT2D eigenvalue weighted by Crippen LogP contribution is 2.23. The van der Waals surface area contributed by atoms with Crippen LogP contribution in [0.4, 0.5) is 0 Å². The Labute approximate surface area is 93.7 Å². The minimum Gasteiger partial charge on any atom is -0.431 e. The first-order valence-electron chi connectivity index (χ1n) is 3.59. The van der Waals surface area contributed by atoms with Crippen molar-refractivity contribution in [3.63, 3.8) is 0 Å². The van der Waals surface area contributed by atoms with E-state index in [4.69, 9.17) is 4.74 Å². The number of hydrogen-bond donors (Lipinski definition) is 0. The molecule has 4 heteroatoms. The molecule has 0 aliphatic heterocycles. The van der Waals surface area contributed by atoms with Crippen LogP contribution in [0.2, 0.25) is 0 Å². The zero-order chi connectivity index (χ0) is 9.10. The Hall–Kier alpha value is -0.620. The molecule has 2 rings (SSSR count). The van der Waals surface area contributed by atoms with Crippen LogP contribution in [0.5, 0.6) is 10.9 Å². The molecule has 1 aromatic carbocycles. The van der Waals surface area contributed by atoms with Crippen molar-refractivity contribution in [2.45, 2.75) is 0 Å². The van der Waals surface area contributed by atoms with Gasteiger partial charge >= 0.3 is 0 Å². The number of hydrogen-bond acceptors (Lipinski definition) is 3. The summed E-state index contributed by atoms with van der Waals surface area (Å²) in [6.45, 7) is 0. The van der Waals surface area contributed by atoms with Crippen molar-refractivity contribution in [1.29, 1.82) is 0 Å². The quantitative estimate of drug-likeness (QED) is 0.794. The van der Waals surface area contributed by atoms with E-state index in [0.717, 1.165) is 5.75 Å². The minimum absolute atomic E-state index is 0.626. The SMILES string of the molecule is Ic1ccc(Oc2n[c]cs2)cc1. The van der Waals surface area contributed by atoms with Gasteiger partial charge in [0.25, 0.3) is 5.19 Å². The van der Waals surface area contributed by atoms with E-state index in [-0.39, 0.29) is 0 Å². The first-order chi connectivity index (χ1) is 6.34. The molecule has 0 atom stereocenters. The molecule has 0 saturated heterocycles. The third-order valence-electron chi connectivity index (χ3n) is 1.39. The average Bonchev–Trinajstić information content (AvgIpc) is 2.62. The zero-order valence-electron chi connectivity index (χ0n) is 6.53. The van der Waals surface area contributed by atoms with Gasteiger partial charge in [0.05, 0.1) is 0 Å². The largest absolute Gasteiger partial charge is 0.431 e. The highest BCUT2D eigenvalue weighted by atomic mass is 127. The Bertz CT molecular complexity index is 371. The standard InChI is InChI=1S/C9H5INOS/c10-7-1-3-8(4-2-7)12-9-11-5-6-13-9/h1-4,6H. The van der Waals surface area contributed by atoms with Crippen molar-refractivity contribution >= 4 is 33.9 Å². The van der Waals surface area contributed by atoms with Gasteiger partial charge in [0.2, 0.25) is 0 Å². The summed E-state index contributed by atoms with van der Waals surface area (Å²) in [6, 6.07) is 7.83. The topological polar surface area (TPSA) is 22.1 Å². The fourth-order valence-electron chi connectivity index (χ4n) is 0.833. The van der Waals surface area contributed by atoms with Gasteiger partial charge in [0.15, 0.2) is 0 Å². The van der Waals surface area contributed by atoms with Crippen LogP contribution in [0.15, 0.2) is 29.6 Å². The molecule has 0 aliphatic carbocycles. The van der Waals surface area contributed by atoms with E-state index in [9.17, 15) is 0 Å². The lowest BCUT2D eigenvalue weighted by Gasteiger charge is -2.00. The van der Waals surface area contributed by atoms with E-state index in [1.807, 2.05) is 24.3 Å². The van der Waals surface area contributed by atoms with Crippen LogP contribution in [0, 0.1) is 9.77 Å². The Balaban J connectivity index is 2.15. The van der Waals surface area contributed by atoms with Crippen LogP contribution >= 0.6 is 33.9 Å². The highest BCUT2D eigenvalue weighted by Gasteiger charge is 1.98. The summed E-state index contributed by atoms with van der Waals surface area (Å²) in [5.74, 6) is 0.809. The lowest BCUT2D eigenvalue weighted by Crippen LogP contribution is -1.82. The predicted molar refractivity (Wildman–Crippen MR) is 60.2 cm³/mol. The highest BCUT2D eigenvalue weighted by molar-refractivity contribution is 14.1. The number of rotatable bonds is 2. The van der Waals surface area contributed by atoms with Crippen LogP contribution in [-0.2, 0) is 0 Å². The first-order valence-corrected chi connectivity index (χ1v) is 5.55. The predicted octanol–water partition coefficient (Wildman–Crippen LogP) is 3.34. The number of nitrogens with zero attached hydrogens (tertiary/aromatic N) is 1. The van der Waals surface area contributed by atoms with Crippen LogP contribution in [-0.4, -0.2) is 4.98 Å². The van der Waals surface area contributed by atoms with E-state index >= 15 is 0 Å². The number of ether oxygens (including phenoxy) is 1. The second kappa shape index (κ2) is 4.06. The molecule has 0 unspecified atom stereocenters. The number of halogens is 1. The van der Waals surface area contributed by atoms with Gasteiger partial charge in [-0.15, -0.1) is 0 Å². The van der Waals surface area contributed by atoms with Gasteiger partial charge in [0, 0.05) is 8.95 Å². The second-order valence-electron chi connectivity index (χ2n) is 2.30. The lowest BCUT2D eigenvalue weighted by atomic mass is 10.3. The zero-order valence-corrected chi connectivity index (χ0v) is 9.50. The lowest BCUT2D eigenvalue weighted by molar-refractivity contribution is 0.478. The van der Waals surface area contributed by atoms with Crippen molar-refractivity contribution in [2.75, 3.05) is 0 Å². The number of aromatic nitrogens is 1. The van der Waals surface area contributed by atoms with Gasteiger partial charge < -0.3 is 4.74 Å². The van der Waals surface area contributed by atoms with Crippen LogP contribution in [0.1, 0.15) is 0 Å². The molecule has 0 bridgehead atoms. The Morgan fingerprint density at radius 2 is 2.08 bits per heavy atom. The molecule has 2 nitrogen and oxygen atoms in total. The minimum atomic E-state index is 0.626. The fraction of sp³-hybridized carbons (Fsp3) is 0. The Morgan fingerprint density at radius 3 is 2.69 bits per heavy atom. The van der Waals surface area contributed by atoms with Crippen molar-refractivity contribution in [1.82, 2.24) is 4.98 Å². The van der Waals surface area contributed by atoms with Crippen molar-refractivity contribution in [3.8, 4) is 10.9 Å². The Kier molecular flexibility index (Phi) is 2.80. The molecule has 0 saturated carbocycles. The molecule has 0 spiro atoms. The molecular weight excluding hydrogens is 297 g/mol. The molecule has 65 valence electrons. The molecule has 0 aliphatic rings. The van der Waals surface area contributed by atoms with Crippen LogP contribution in [0.25, 0.3) is 0 Å². The molecule has 2 aromatic rings. The summed E-state index contributed by atoms with van der Waals surface area (Å²) in [5, 5.41) is 2.39. The van der Waals surface area contributed by atoms with E-state index in [1.165, 1.54) is 14.9 Å². The van der Waals surface area contributed by atoms with Crippen molar-refractivity contribution < 1.29 is 4.74 Å². The first kappa shape index (κ1) is 8.96. The van der Waals surface area contributed by atoms with Gasteiger partial charge in [-0.05, 0) is 46.9 Å². The molecule has 1 heterocycles. The smallest absolute Gasteiger partial charge is 0.279 e.